The van der Waals surface area contributed by atoms with Crippen LogP contribution in [0.1, 0.15) is 0 Å². The molecule has 61 heavy (non-hydrogen) atoms. The second-order valence-corrected chi connectivity index (χ2v) is 16.5. The van der Waals surface area contributed by atoms with Gasteiger partial charge in [-0.25, -0.2) is 9.78 Å². The van der Waals surface area contributed by atoms with Gasteiger partial charge in [-0.05, 0) is 42.1 Å². The number of hydrogen-bond acceptors (Lipinski definition) is 5. The fraction of sp³-hybridized carbons (Fsp3) is 0. The molecule has 0 unspecified atom stereocenters. The molecule has 2 aromatic heterocycles. The predicted molar refractivity (Wildman–Crippen MR) is 237 cm³/mol. The first kappa shape index (κ1) is 41.0. The third-order valence-corrected chi connectivity index (χ3v) is 13.2. The van der Waals surface area contributed by atoms with Crippen molar-refractivity contribution in [1.29, 1.82) is 0 Å². The third-order valence-electron chi connectivity index (χ3n) is 10.1. The predicted octanol–water partition coefficient (Wildman–Crippen LogP) is 11.2. The summed E-state index contributed by atoms with van der Waals surface area (Å²) in [5.74, 6) is -1.79. The molecule has 1 aliphatic heterocycles. The molecule has 0 atom stereocenters. The molecule has 0 amide bonds. The molecule has 1 aliphatic rings. The van der Waals surface area contributed by atoms with Gasteiger partial charge in [0.2, 0.25) is 0 Å². The minimum Gasteiger partial charge on any atom is -0.490 e. The van der Waals surface area contributed by atoms with Gasteiger partial charge in [-0.15, -0.1) is 48.6 Å². The van der Waals surface area contributed by atoms with Crippen LogP contribution in [0.2, 0.25) is 0 Å². The average molecular weight is 995 g/mol. The molecule has 0 spiro atoms. The molecule has 0 N–H and O–H groups in total. The first-order valence-corrected chi connectivity index (χ1v) is 21.0. The average Bonchev–Trinajstić information content (AvgIpc) is 3.91. The van der Waals surface area contributed by atoms with Crippen LogP contribution in [-0.2, 0) is 24.7 Å². The molecule has 10 rings (SSSR count). The van der Waals surface area contributed by atoms with Crippen molar-refractivity contribution >= 4 is 45.8 Å². The van der Waals surface area contributed by atoms with Gasteiger partial charge in [0.15, 0.2) is 7.14 Å². The van der Waals surface area contributed by atoms with E-state index in [-0.39, 0.29) is 25.8 Å². The number of nitrogens with zero attached hydrogens (tertiary/aromatic N) is 5. The van der Waals surface area contributed by atoms with Crippen LogP contribution in [0.15, 0.2) is 206 Å². The molecule has 3 heterocycles. The van der Waals surface area contributed by atoms with E-state index in [2.05, 4.69) is 29.2 Å². The molecule has 0 aliphatic carbocycles. The van der Waals surface area contributed by atoms with Gasteiger partial charge in [0.25, 0.3) is 0 Å². The van der Waals surface area contributed by atoms with E-state index in [9.17, 15) is 8.78 Å². The number of halogens is 2. The van der Waals surface area contributed by atoms with Gasteiger partial charge in [0.05, 0.1) is 17.3 Å². The van der Waals surface area contributed by atoms with Crippen molar-refractivity contribution in [3.05, 3.63) is 237 Å². The fourth-order valence-electron chi connectivity index (χ4n) is 7.34. The van der Waals surface area contributed by atoms with E-state index in [1.165, 1.54) is 0 Å². The molecular weight excluding hydrogens is 960 g/mol. The Hall–Kier alpha value is -6.76. The van der Waals surface area contributed by atoms with Crippen LogP contribution in [0.4, 0.5) is 31.5 Å². The SMILES string of the molecule is Fc1c[c-]c(N2[CH-]N(c3ccccc3)c3ccccc32)c(F)n1.O=P(c1ccccc1)(c1ccccc1)c1c(-c2[c-]cccc2)nn(-c2ccccc2)c1-c1ccccc1.[Ir+3]. The van der Waals surface area contributed by atoms with E-state index in [0.717, 1.165) is 56.2 Å². The number of aromatic nitrogens is 3. The first-order valence-electron chi connectivity index (χ1n) is 19.2. The van der Waals surface area contributed by atoms with Crippen molar-refractivity contribution in [2.75, 3.05) is 9.80 Å². The van der Waals surface area contributed by atoms with E-state index in [0.29, 0.717) is 11.0 Å². The van der Waals surface area contributed by atoms with Gasteiger partial charge in [-0.2, -0.15) is 6.07 Å². The van der Waals surface area contributed by atoms with E-state index >= 15 is 4.57 Å². The number of rotatable bonds is 8. The van der Waals surface area contributed by atoms with Crippen LogP contribution in [0.3, 0.4) is 0 Å². The number of fused-ring (bicyclic) bond motifs is 1. The minimum atomic E-state index is -3.39. The number of hydrogen-bond donors (Lipinski definition) is 0. The van der Waals surface area contributed by atoms with Crippen molar-refractivity contribution in [3.63, 3.8) is 0 Å². The Labute approximate surface area is 367 Å². The smallest absolute Gasteiger partial charge is 0.490 e. The fourth-order valence-corrected chi connectivity index (χ4v) is 10.3. The van der Waals surface area contributed by atoms with E-state index < -0.39 is 19.0 Å². The molecule has 0 saturated heterocycles. The van der Waals surface area contributed by atoms with Gasteiger partial charge in [-0.3, -0.25) is 8.78 Å². The summed E-state index contributed by atoms with van der Waals surface area (Å²) in [6, 6.07) is 71.7. The Morgan fingerprint density at radius 1 is 0.557 bits per heavy atom. The normalized spacial score (nSPS) is 11.9. The quantitative estimate of drug-likeness (QED) is 0.0863. The molecular formula is C51H35F2IrN5OP. The number of pyridine rings is 1. The molecule has 0 bridgehead atoms. The molecule has 6 nitrogen and oxygen atoms in total. The summed E-state index contributed by atoms with van der Waals surface area (Å²) >= 11 is 0. The van der Waals surface area contributed by atoms with Crippen LogP contribution in [-0.4, -0.2) is 14.8 Å². The molecule has 10 heteroatoms. The summed E-state index contributed by atoms with van der Waals surface area (Å²) in [6.07, 6.45) is 0. The van der Waals surface area contributed by atoms with Gasteiger partial charge >= 0.3 is 20.1 Å². The van der Waals surface area contributed by atoms with Crippen LogP contribution in [0.5, 0.6) is 0 Å². The first-order chi connectivity index (χ1) is 29.5. The monoisotopic (exact) mass is 995 g/mol. The largest absolute Gasteiger partial charge is 3.00 e. The molecule has 9 aromatic rings. The molecule has 0 saturated carbocycles. The maximum absolute atomic E-state index is 15.8. The summed E-state index contributed by atoms with van der Waals surface area (Å²) in [7, 11) is -3.39. The summed E-state index contributed by atoms with van der Waals surface area (Å²) in [6.45, 7) is 1.74. The second kappa shape index (κ2) is 18.2. The second-order valence-electron chi connectivity index (χ2n) is 13.8. The van der Waals surface area contributed by atoms with Gasteiger partial charge in [-0.1, -0.05) is 140 Å². The van der Waals surface area contributed by atoms with Gasteiger partial charge in [0, 0.05) is 44.2 Å². The van der Waals surface area contributed by atoms with Gasteiger partial charge in [0.1, 0.15) is 5.95 Å². The molecule has 0 radical (unpaired) electrons. The standard InChI is InChI=1S/C33H24N2OP.C18H11F2N3.Ir/c36-37(29-22-12-4-13-23-29,30-24-14-5-15-25-30)33-31(26-16-6-1-7-17-26)34-35(28-20-10-3-11-21-28)32(33)27-18-8-2-9-19-27;19-17-11-10-16(18(20)21-17)23-12-22(13-6-2-1-3-7-13)14-8-4-5-9-15(14)23;/h1-16,18-25H;1-9,11-12H;/q-1;-2;+3. The number of anilines is 4. The van der Waals surface area contributed by atoms with Crippen molar-refractivity contribution in [1.82, 2.24) is 14.8 Å². The Morgan fingerprint density at radius 2 is 1.07 bits per heavy atom. The van der Waals surface area contributed by atoms with Crippen LogP contribution in [0, 0.1) is 30.7 Å². The topological polar surface area (TPSA) is 54.3 Å². The zero-order chi connectivity index (χ0) is 40.9. The van der Waals surface area contributed by atoms with E-state index in [1.54, 1.807) is 11.6 Å². The summed E-state index contributed by atoms with van der Waals surface area (Å²) in [5.41, 5.74) is 6.83. The van der Waals surface area contributed by atoms with Crippen molar-refractivity contribution in [2.45, 2.75) is 0 Å². The molecule has 7 aromatic carbocycles. The van der Waals surface area contributed by atoms with Gasteiger partial charge < -0.3 is 19.3 Å². The molecule has 298 valence electrons. The minimum absolute atomic E-state index is 0. The maximum atomic E-state index is 15.8. The number of para-hydroxylation sites is 4. The number of benzene rings is 7. The van der Waals surface area contributed by atoms with E-state index in [1.807, 2.05) is 198 Å². The molecule has 0 fully saturated rings. The Balaban J connectivity index is 0.000000184. The Morgan fingerprint density at radius 3 is 1.62 bits per heavy atom. The Kier molecular flexibility index (Phi) is 12.3. The summed E-state index contributed by atoms with van der Waals surface area (Å²) in [5, 5.41) is 7.40. The Bertz CT molecular complexity index is 2860. The van der Waals surface area contributed by atoms with Crippen molar-refractivity contribution in [3.8, 4) is 28.2 Å². The van der Waals surface area contributed by atoms with Crippen LogP contribution >= 0.6 is 7.14 Å². The van der Waals surface area contributed by atoms with Crippen LogP contribution < -0.4 is 25.7 Å². The zero-order valence-electron chi connectivity index (χ0n) is 32.4. The zero-order valence-corrected chi connectivity index (χ0v) is 35.7. The maximum Gasteiger partial charge on any atom is 3.00 e. The van der Waals surface area contributed by atoms with Crippen molar-refractivity contribution < 1.29 is 33.5 Å². The third kappa shape index (κ3) is 8.12. The summed E-state index contributed by atoms with van der Waals surface area (Å²) in [4.78, 5) is 6.80. The van der Waals surface area contributed by atoms with Crippen molar-refractivity contribution in [2.24, 2.45) is 0 Å². The van der Waals surface area contributed by atoms with Crippen LogP contribution in [0.25, 0.3) is 28.2 Å². The summed E-state index contributed by atoms with van der Waals surface area (Å²) < 4.78 is 44.8. The van der Waals surface area contributed by atoms with E-state index in [4.69, 9.17) is 5.10 Å².